The van der Waals surface area contributed by atoms with Crippen LogP contribution in [0.5, 0.6) is 5.75 Å². The van der Waals surface area contributed by atoms with Crippen molar-refractivity contribution in [3.63, 3.8) is 0 Å². The Bertz CT molecular complexity index is 635. The smallest absolute Gasteiger partial charge is 0.223 e. The average molecular weight is 332 g/mol. The number of nitrogens with one attached hydrogen (secondary N) is 1. The Hall–Kier alpha value is -1.88. The van der Waals surface area contributed by atoms with Crippen molar-refractivity contribution in [3.05, 3.63) is 35.3 Å². The molecule has 0 fully saturated rings. The van der Waals surface area contributed by atoms with Crippen LogP contribution in [0, 0.1) is 5.92 Å². The van der Waals surface area contributed by atoms with Gasteiger partial charge in [-0.3, -0.25) is 4.79 Å². The Morgan fingerprint density at radius 3 is 2.83 bits per heavy atom. The van der Waals surface area contributed by atoms with Crippen LogP contribution in [0.15, 0.2) is 29.6 Å². The average Bonchev–Trinajstić information content (AvgIpc) is 3.05. The predicted octanol–water partition coefficient (Wildman–Crippen LogP) is 3.91. The number of benzene rings is 1. The summed E-state index contributed by atoms with van der Waals surface area (Å²) in [4.78, 5) is 16.6. The molecule has 1 heterocycles. The lowest BCUT2D eigenvalue weighted by Crippen LogP contribution is -2.31. The summed E-state index contributed by atoms with van der Waals surface area (Å²) in [5.74, 6) is 1.10. The number of carbonyl (C=O) groups excluding carboxylic acids is 1. The van der Waals surface area contributed by atoms with E-state index in [-0.39, 0.29) is 11.8 Å². The van der Waals surface area contributed by atoms with Crippen LogP contribution >= 0.6 is 11.3 Å². The van der Waals surface area contributed by atoms with Crippen molar-refractivity contribution in [2.45, 2.75) is 33.1 Å². The molecular formula is C18H24N2O2S. The summed E-state index contributed by atoms with van der Waals surface area (Å²) in [5, 5.41) is 6.04. The molecule has 0 spiro atoms. The quantitative estimate of drug-likeness (QED) is 0.797. The van der Waals surface area contributed by atoms with Gasteiger partial charge in [-0.1, -0.05) is 26.0 Å². The first-order chi connectivity index (χ1) is 11.2. The molecule has 5 heteroatoms. The third-order valence-corrected chi connectivity index (χ3v) is 4.85. The summed E-state index contributed by atoms with van der Waals surface area (Å²) in [7, 11) is 1.66. The molecular weight excluding hydrogens is 308 g/mol. The van der Waals surface area contributed by atoms with Crippen molar-refractivity contribution in [2.24, 2.45) is 5.92 Å². The molecule has 2 rings (SSSR count). The predicted molar refractivity (Wildman–Crippen MR) is 94.9 cm³/mol. The van der Waals surface area contributed by atoms with Crippen LogP contribution in [0.3, 0.4) is 0 Å². The zero-order valence-electron chi connectivity index (χ0n) is 14.0. The minimum Gasteiger partial charge on any atom is -0.497 e. The van der Waals surface area contributed by atoms with E-state index in [0.717, 1.165) is 41.3 Å². The minimum atomic E-state index is 0.123. The summed E-state index contributed by atoms with van der Waals surface area (Å²) in [6.45, 7) is 4.74. The second kappa shape index (κ2) is 8.67. The van der Waals surface area contributed by atoms with Crippen LogP contribution in [0.2, 0.25) is 0 Å². The monoisotopic (exact) mass is 332 g/mol. The van der Waals surface area contributed by atoms with Crippen molar-refractivity contribution in [1.29, 1.82) is 0 Å². The molecule has 0 aliphatic carbocycles. The van der Waals surface area contributed by atoms with Crippen molar-refractivity contribution in [2.75, 3.05) is 13.7 Å². The molecule has 124 valence electrons. The lowest BCUT2D eigenvalue weighted by atomic mass is 10.0. The Morgan fingerprint density at radius 1 is 1.35 bits per heavy atom. The fraction of sp³-hybridized carbons (Fsp3) is 0.444. The number of ether oxygens (including phenoxy) is 1. The van der Waals surface area contributed by atoms with Gasteiger partial charge in [-0.2, -0.15) is 0 Å². The molecule has 0 saturated carbocycles. The van der Waals surface area contributed by atoms with Crippen LogP contribution in [0.4, 0.5) is 0 Å². The molecule has 1 aromatic carbocycles. The third-order valence-electron chi connectivity index (χ3n) is 3.91. The number of methoxy groups -OCH3 is 1. The van der Waals surface area contributed by atoms with Crippen molar-refractivity contribution in [1.82, 2.24) is 10.3 Å². The van der Waals surface area contributed by atoms with Gasteiger partial charge in [0, 0.05) is 29.8 Å². The number of aromatic nitrogens is 1. The highest BCUT2D eigenvalue weighted by Gasteiger charge is 2.13. The summed E-state index contributed by atoms with van der Waals surface area (Å²) >= 11 is 1.62. The van der Waals surface area contributed by atoms with Crippen LogP contribution in [0.25, 0.3) is 10.6 Å². The van der Waals surface area contributed by atoms with Crippen LogP contribution in [-0.2, 0) is 11.2 Å². The number of nitrogens with zero attached hydrogens (tertiary/aromatic N) is 1. The van der Waals surface area contributed by atoms with E-state index < -0.39 is 0 Å². The molecule has 23 heavy (non-hydrogen) atoms. The van der Waals surface area contributed by atoms with Crippen LogP contribution in [-0.4, -0.2) is 24.5 Å². The number of carbonyl (C=O) groups is 1. The molecule has 1 aromatic heterocycles. The molecule has 0 aliphatic rings. The van der Waals surface area contributed by atoms with Gasteiger partial charge < -0.3 is 10.1 Å². The summed E-state index contributed by atoms with van der Waals surface area (Å²) in [5.41, 5.74) is 2.07. The number of thiazole rings is 1. The molecule has 2 aromatic rings. The normalized spacial score (nSPS) is 10.8. The number of hydrogen-bond donors (Lipinski definition) is 1. The maximum Gasteiger partial charge on any atom is 0.223 e. The number of amides is 1. The lowest BCUT2D eigenvalue weighted by molar-refractivity contribution is -0.125. The van der Waals surface area contributed by atoms with Crippen molar-refractivity contribution in [3.8, 4) is 16.3 Å². The second-order valence-electron chi connectivity index (χ2n) is 5.43. The topological polar surface area (TPSA) is 51.2 Å². The van der Waals surface area contributed by atoms with E-state index >= 15 is 0 Å². The summed E-state index contributed by atoms with van der Waals surface area (Å²) in [6.07, 6.45) is 2.53. The van der Waals surface area contributed by atoms with Gasteiger partial charge in [0.05, 0.1) is 12.8 Å². The van der Waals surface area contributed by atoms with E-state index in [0.29, 0.717) is 6.54 Å². The van der Waals surface area contributed by atoms with E-state index in [2.05, 4.69) is 29.5 Å². The Kier molecular flexibility index (Phi) is 6.59. The van der Waals surface area contributed by atoms with Gasteiger partial charge in [0.25, 0.3) is 0 Å². The lowest BCUT2D eigenvalue weighted by Gasteiger charge is -2.11. The van der Waals surface area contributed by atoms with Crippen LogP contribution in [0.1, 0.15) is 32.4 Å². The van der Waals surface area contributed by atoms with E-state index in [1.165, 1.54) is 0 Å². The number of rotatable bonds is 8. The highest BCUT2D eigenvalue weighted by molar-refractivity contribution is 7.13. The molecule has 0 radical (unpaired) electrons. The molecule has 4 nitrogen and oxygen atoms in total. The molecule has 0 unspecified atom stereocenters. The van der Waals surface area contributed by atoms with E-state index in [4.69, 9.17) is 4.74 Å². The first-order valence-corrected chi connectivity index (χ1v) is 8.92. The SMILES string of the molecule is CCC(CC)C(=O)NCCc1csc(-c2cccc(OC)c2)n1. The first kappa shape index (κ1) is 17.5. The highest BCUT2D eigenvalue weighted by Crippen LogP contribution is 2.26. The van der Waals surface area contributed by atoms with E-state index in [9.17, 15) is 4.79 Å². The molecule has 1 N–H and O–H groups in total. The Morgan fingerprint density at radius 2 is 2.13 bits per heavy atom. The molecule has 0 atom stereocenters. The molecule has 0 saturated heterocycles. The van der Waals surface area contributed by atoms with Gasteiger partial charge in [0.2, 0.25) is 5.91 Å². The van der Waals surface area contributed by atoms with Gasteiger partial charge in [-0.05, 0) is 25.0 Å². The third kappa shape index (κ3) is 4.79. The second-order valence-corrected chi connectivity index (χ2v) is 6.29. The zero-order chi connectivity index (χ0) is 16.7. The van der Waals surface area contributed by atoms with Gasteiger partial charge in [0.1, 0.15) is 10.8 Å². The standard InChI is InChI=1S/C18H24N2O2S/c1-4-13(5-2)17(21)19-10-9-15-12-23-18(20-15)14-7-6-8-16(11-14)22-3/h6-8,11-13H,4-5,9-10H2,1-3H3,(H,19,21). The maximum atomic E-state index is 11.9. The minimum absolute atomic E-state index is 0.123. The highest BCUT2D eigenvalue weighted by atomic mass is 32.1. The maximum absolute atomic E-state index is 11.9. The molecule has 1 amide bonds. The van der Waals surface area contributed by atoms with E-state index in [1.54, 1.807) is 18.4 Å². The van der Waals surface area contributed by atoms with Crippen LogP contribution < -0.4 is 10.1 Å². The molecule has 0 aliphatic heterocycles. The van der Waals surface area contributed by atoms with Crippen molar-refractivity contribution < 1.29 is 9.53 Å². The van der Waals surface area contributed by atoms with Gasteiger partial charge >= 0.3 is 0 Å². The van der Waals surface area contributed by atoms with Gasteiger partial charge in [-0.25, -0.2) is 4.98 Å². The zero-order valence-corrected chi connectivity index (χ0v) is 14.8. The largest absolute Gasteiger partial charge is 0.497 e. The Labute approximate surface area is 141 Å². The summed E-state index contributed by atoms with van der Waals surface area (Å²) < 4.78 is 5.25. The fourth-order valence-corrected chi connectivity index (χ4v) is 3.28. The molecule has 0 bridgehead atoms. The van der Waals surface area contributed by atoms with Crippen molar-refractivity contribution >= 4 is 17.2 Å². The summed E-state index contributed by atoms with van der Waals surface area (Å²) in [6, 6.07) is 7.90. The first-order valence-electron chi connectivity index (χ1n) is 8.04. The number of hydrogen-bond acceptors (Lipinski definition) is 4. The van der Waals surface area contributed by atoms with Gasteiger partial charge in [0.15, 0.2) is 0 Å². The Balaban J connectivity index is 1.91. The van der Waals surface area contributed by atoms with E-state index in [1.807, 2.05) is 24.3 Å². The fourth-order valence-electron chi connectivity index (χ4n) is 2.43. The van der Waals surface area contributed by atoms with Gasteiger partial charge in [-0.15, -0.1) is 11.3 Å².